The second-order valence-corrected chi connectivity index (χ2v) is 11.4. The van der Waals surface area contributed by atoms with Gasteiger partial charge >= 0.3 is 0 Å². The highest BCUT2D eigenvalue weighted by molar-refractivity contribution is 7.86. The summed E-state index contributed by atoms with van der Waals surface area (Å²) >= 11 is 0. The summed E-state index contributed by atoms with van der Waals surface area (Å²) in [6, 6.07) is 22.3. The van der Waals surface area contributed by atoms with Crippen LogP contribution in [0.25, 0.3) is 21.5 Å². The molecular weight excluding hydrogens is 558 g/mol. The van der Waals surface area contributed by atoms with Crippen molar-refractivity contribution in [3.63, 3.8) is 0 Å². The number of rotatable bonds is 6. The maximum Gasteiger partial charge on any atom is 0.296 e. The number of hydrogen-bond acceptors (Lipinski definition) is 8. The van der Waals surface area contributed by atoms with Crippen LogP contribution in [0, 0.1) is 0 Å². The van der Waals surface area contributed by atoms with Crippen molar-refractivity contribution in [2.24, 2.45) is 10.2 Å². The van der Waals surface area contributed by atoms with E-state index in [-0.39, 0.29) is 32.1 Å². The van der Waals surface area contributed by atoms with Crippen molar-refractivity contribution in [2.45, 2.75) is 9.79 Å². The molecule has 5 aromatic rings. The molecule has 5 aromatic carbocycles. The molecule has 0 bridgehead atoms. The summed E-state index contributed by atoms with van der Waals surface area (Å²) in [5.74, 6) is -1.01. The van der Waals surface area contributed by atoms with Gasteiger partial charge in [-0.25, -0.2) is 0 Å². The van der Waals surface area contributed by atoms with E-state index in [2.05, 4.69) is 15.5 Å². The number of benzene rings is 5. The van der Waals surface area contributed by atoms with Crippen LogP contribution in [0.4, 0.5) is 17.1 Å². The van der Waals surface area contributed by atoms with E-state index >= 15 is 0 Å². The van der Waals surface area contributed by atoms with Crippen molar-refractivity contribution in [3.8, 4) is 5.75 Å². The first kappa shape index (κ1) is 26.9. The maximum absolute atomic E-state index is 12.5. The van der Waals surface area contributed by atoms with E-state index < -0.39 is 42.5 Å². The Bertz CT molecular complexity index is 2060. The Morgan fingerprint density at radius 2 is 1.35 bits per heavy atom. The molecular formula is C27H19N3O8S2. The summed E-state index contributed by atoms with van der Waals surface area (Å²) < 4.78 is 67.5. The minimum absolute atomic E-state index is 0.0998. The third-order valence-electron chi connectivity index (χ3n) is 6.02. The van der Waals surface area contributed by atoms with Gasteiger partial charge in [-0.1, -0.05) is 42.5 Å². The van der Waals surface area contributed by atoms with Crippen molar-refractivity contribution >= 4 is 64.8 Å². The molecule has 0 unspecified atom stereocenters. The van der Waals surface area contributed by atoms with Crippen LogP contribution < -0.4 is 5.32 Å². The fraction of sp³-hybridized carbons (Fsp3) is 0. The monoisotopic (exact) mass is 577 g/mol. The predicted octanol–water partition coefficient (Wildman–Crippen LogP) is 5.86. The minimum atomic E-state index is -4.91. The number of hydrogen-bond donors (Lipinski definition) is 4. The minimum Gasteiger partial charge on any atom is -0.505 e. The van der Waals surface area contributed by atoms with Gasteiger partial charge in [0.2, 0.25) is 0 Å². The fourth-order valence-corrected chi connectivity index (χ4v) is 5.56. The molecule has 4 N–H and O–H groups in total. The first-order valence-corrected chi connectivity index (χ1v) is 14.4. The van der Waals surface area contributed by atoms with Crippen LogP contribution in [0.2, 0.25) is 0 Å². The zero-order valence-electron chi connectivity index (χ0n) is 20.3. The van der Waals surface area contributed by atoms with E-state index in [0.717, 1.165) is 6.07 Å². The second-order valence-electron chi connectivity index (χ2n) is 8.61. The molecule has 0 aromatic heterocycles. The summed E-state index contributed by atoms with van der Waals surface area (Å²) in [5, 5.41) is 22.3. The number of phenols is 1. The molecule has 5 rings (SSSR count). The fourth-order valence-electron chi connectivity index (χ4n) is 4.20. The normalized spacial score (nSPS) is 12.2. The number of phenolic OH excluding ortho intramolecular Hbond substituents is 1. The average molecular weight is 578 g/mol. The molecule has 40 heavy (non-hydrogen) atoms. The number of azo groups is 1. The number of carbonyl (C=O) groups is 1. The number of carbonyl (C=O) groups excluding carboxylic acids is 1. The van der Waals surface area contributed by atoms with E-state index in [0.29, 0.717) is 11.3 Å². The highest BCUT2D eigenvalue weighted by Crippen LogP contribution is 2.42. The molecule has 13 heteroatoms. The largest absolute Gasteiger partial charge is 0.505 e. The Morgan fingerprint density at radius 3 is 2.05 bits per heavy atom. The molecule has 0 radical (unpaired) electrons. The van der Waals surface area contributed by atoms with E-state index in [9.17, 15) is 35.8 Å². The van der Waals surface area contributed by atoms with Crippen LogP contribution >= 0.6 is 0 Å². The first-order valence-electron chi connectivity index (χ1n) is 11.5. The SMILES string of the molecule is O=C(Nc1ccc2c(O)c(N=Nc3cccc4c(S(=O)(=O)O)cccc34)c(S(=O)(=O)O)cc2c1)c1ccccc1. The van der Waals surface area contributed by atoms with E-state index in [1.807, 2.05) is 0 Å². The molecule has 0 heterocycles. The number of fused-ring (bicyclic) bond motifs is 2. The van der Waals surface area contributed by atoms with E-state index in [4.69, 9.17) is 0 Å². The predicted molar refractivity (Wildman–Crippen MR) is 148 cm³/mol. The van der Waals surface area contributed by atoms with E-state index in [1.165, 1.54) is 54.6 Å². The lowest BCUT2D eigenvalue weighted by Gasteiger charge is -2.11. The summed E-state index contributed by atoms with van der Waals surface area (Å²) in [5.41, 5.74) is 0.251. The summed E-state index contributed by atoms with van der Waals surface area (Å²) in [6.07, 6.45) is 0. The molecule has 0 aliphatic carbocycles. The van der Waals surface area contributed by atoms with Crippen molar-refractivity contribution in [2.75, 3.05) is 5.32 Å². The third-order valence-corrected chi connectivity index (χ3v) is 7.80. The van der Waals surface area contributed by atoms with Gasteiger partial charge in [0.1, 0.15) is 15.5 Å². The Kier molecular flexibility index (Phi) is 6.81. The number of anilines is 1. The molecule has 0 spiro atoms. The van der Waals surface area contributed by atoms with Crippen LogP contribution in [0.3, 0.4) is 0 Å². The van der Waals surface area contributed by atoms with Crippen LogP contribution in [-0.2, 0) is 20.2 Å². The van der Waals surface area contributed by atoms with Gasteiger partial charge in [0.15, 0.2) is 5.75 Å². The molecule has 0 aliphatic heterocycles. The van der Waals surface area contributed by atoms with Crippen molar-refractivity contribution in [1.29, 1.82) is 0 Å². The second kappa shape index (κ2) is 10.1. The van der Waals surface area contributed by atoms with Gasteiger partial charge < -0.3 is 10.4 Å². The van der Waals surface area contributed by atoms with Gasteiger partial charge in [0.05, 0.1) is 5.69 Å². The van der Waals surface area contributed by atoms with Crippen LogP contribution in [0.15, 0.2) is 111 Å². The summed E-state index contributed by atoms with van der Waals surface area (Å²) in [4.78, 5) is 11.4. The molecule has 0 fully saturated rings. The van der Waals surface area contributed by atoms with Gasteiger partial charge in [0.25, 0.3) is 26.1 Å². The Hall–Kier alpha value is -4.69. The molecule has 0 saturated heterocycles. The standard InChI is InChI=1S/C27H19N3O8S2/c31-26-19-13-12-18(28-27(32)16-6-2-1-3-7-16)14-17(19)15-24(40(36,37)38)25(26)30-29-22-10-4-9-21-20(22)8-5-11-23(21)39(33,34)35/h1-15,31H,(H,28,32)(H,33,34,35)(H,36,37,38). The maximum atomic E-state index is 12.5. The highest BCUT2D eigenvalue weighted by Gasteiger charge is 2.23. The molecule has 11 nitrogen and oxygen atoms in total. The number of amides is 1. The van der Waals surface area contributed by atoms with Gasteiger partial charge in [-0.2, -0.15) is 16.8 Å². The smallest absolute Gasteiger partial charge is 0.296 e. The van der Waals surface area contributed by atoms with Crippen molar-refractivity contribution in [3.05, 3.63) is 96.6 Å². The Balaban J connectivity index is 1.60. The number of aromatic hydroxyl groups is 1. The molecule has 0 atom stereocenters. The van der Waals surface area contributed by atoms with Crippen molar-refractivity contribution < 1.29 is 35.8 Å². The molecule has 0 aliphatic rings. The topological polar surface area (TPSA) is 183 Å². The highest BCUT2D eigenvalue weighted by atomic mass is 32.2. The van der Waals surface area contributed by atoms with Gasteiger partial charge in [-0.15, -0.1) is 10.2 Å². The van der Waals surface area contributed by atoms with Gasteiger partial charge in [0, 0.05) is 27.4 Å². The van der Waals surface area contributed by atoms with Crippen LogP contribution in [0.1, 0.15) is 10.4 Å². The third kappa shape index (κ3) is 5.26. The Morgan fingerprint density at radius 1 is 0.675 bits per heavy atom. The lowest BCUT2D eigenvalue weighted by molar-refractivity contribution is 0.102. The van der Waals surface area contributed by atoms with Gasteiger partial charge in [-0.05, 0) is 53.9 Å². The van der Waals surface area contributed by atoms with Crippen LogP contribution in [0.5, 0.6) is 5.75 Å². The van der Waals surface area contributed by atoms with Gasteiger partial charge in [-0.3, -0.25) is 13.9 Å². The molecule has 1 amide bonds. The summed E-state index contributed by atoms with van der Waals surface area (Å²) in [7, 11) is -9.46. The number of nitrogens with one attached hydrogen (secondary N) is 1. The first-order chi connectivity index (χ1) is 18.9. The average Bonchev–Trinajstić information content (AvgIpc) is 2.91. The van der Waals surface area contributed by atoms with E-state index in [1.54, 1.807) is 30.3 Å². The quantitative estimate of drug-likeness (QED) is 0.143. The lowest BCUT2D eigenvalue weighted by atomic mass is 10.1. The Labute approximate surface area is 227 Å². The van der Waals surface area contributed by atoms with Crippen molar-refractivity contribution in [1.82, 2.24) is 0 Å². The van der Waals surface area contributed by atoms with Crippen LogP contribution in [-0.4, -0.2) is 37.0 Å². The molecule has 0 saturated carbocycles. The zero-order valence-corrected chi connectivity index (χ0v) is 21.9. The lowest BCUT2D eigenvalue weighted by Crippen LogP contribution is -2.11. The summed E-state index contributed by atoms with van der Waals surface area (Å²) in [6.45, 7) is 0. The zero-order chi connectivity index (χ0) is 28.7. The molecule has 202 valence electrons. The number of nitrogens with zero attached hydrogens (tertiary/aromatic N) is 2.